The number of carboxylic acid groups (broad SMARTS) is 1. The summed E-state index contributed by atoms with van der Waals surface area (Å²) in [5.74, 6) is 0.606. The number of hydrogen-bond acceptors (Lipinski definition) is 3. The Hall–Kier alpha value is -1.94. The van der Waals surface area contributed by atoms with E-state index in [0.717, 1.165) is 0 Å². The molecular formula is C13H11ClO4. The van der Waals surface area contributed by atoms with Gasteiger partial charge in [0, 0.05) is 5.02 Å². The number of ether oxygens (including phenoxy) is 1. The molecule has 0 radical (unpaired) electrons. The highest BCUT2D eigenvalue weighted by Gasteiger charge is 2.12. The van der Waals surface area contributed by atoms with Crippen molar-refractivity contribution in [1.82, 2.24) is 0 Å². The molecule has 0 spiro atoms. The number of aliphatic carboxylic acids is 1. The number of carbonyl (C=O) groups is 1. The third kappa shape index (κ3) is 2.65. The number of methoxy groups -OCH3 is 1. The second-order valence-electron chi connectivity index (χ2n) is 3.68. The van der Waals surface area contributed by atoms with E-state index >= 15 is 0 Å². The minimum absolute atomic E-state index is 0.150. The third-order valence-electron chi connectivity index (χ3n) is 2.41. The average molecular weight is 267 g/mol. The first kappa shape index (κ1) is 12.5. The lowest BCUT2D eigenvalue weighted by atomic mass is 10.1. The van der Waals surface area contributed by atoms with Crippen molar-refractivity contribution < 1.29 is 19.1 Å². The van der Waals surface area contributed by atoms with Crippen LogP contribution in [0.2, 0.25) is 5.02 Å². The molecule has 0 aliphatic carbocycles. The standard InChI is InChI=1S/C13H11ClO4/c1-17-11-4-2-8(14)6-10(11)12-5-3-9(18-12)7-13(15)16/h2-6H,7H2,1H3,(H,15,16). The summed E-state index contributed by atoms with van der Waals surface area (Å²) in [6, 6.07) is 8.49. The van der Waals surface area contributed by atoms with E-state index in [-0.39, 0.29) is 6.42 Å². The minimum Gasteiger partial charge on any atom is -0.496 e. The van der Waals surface area contributed by atoms with Gasteiger partial charge in [-0.25, -0.2) is 0 Å². The van der Waals surface area contributed by atoms with Crippen molar-refractivity contribution in [2.75, 3.05) is 7.11 Å². The minimum atomic E-state index is -0.936. The van der Waals surface area contributed by atoms with Crippen LogP contribution in [0, 0.1) is 0 Å². The Balaban J connectivity index is 2.38. The zero-order valence-corrected chi connectivity index (χ0v) is 10.4. The summed E-state index contributed by atoms with van der Waals surface area (Å²) in [7, 11) is 1.55. The predicted octanol–water partition coefficient (Wildman–Crippen LogP) is 3.24. The SMILES string of the molecule is COc1ccc(Cl)cc1-c1ccc(CC(=O)O)o1. The van der Waals surface area contributed by atoms with Crippen molar-refractivity contribution in [3.05, 3.63) is 41.1 Å². The summed E-state index contributed by atoms with van der Waals surface area (Å²) >= 11 is 5.92. The lowest BCUT2D eigenvalue weighted by Gasteiger charge is -2.06. The molecule has 0 saturated heterocycles. The number of hydrogen-bond donors (Lipinski definition) is 1. The van der Waals surface area contributed by atoms with Crippen LogP contribution >= 0.6 is 11.6 Å². The van der Waals surface area contributed by atoms with E-state index in [2.05, 4.69) is 0 Å². The lowest BCUT2D eigenvalue weighted by Crippen LogP contribution is -1.97. The van der Waals surface area contributed by atoms with Gasteiger partial charge in [-0.1, -0.05) is 11.6 Å². The number of benzene rings is 1. The van der Waals surface area contributed by atoms with Crippen LogP contribution in [0.3, 0.4) is 0 Å². The molecule has 1 aromatic heterocycles. The van der Waals surface area contributed by atoms with Gasteiger partial charge in [0.25, 0.3) is 0 Å². The molecule has 0 aliphatic heterocycles. The van der Waals surface area contributed by atoms with Crippen molar-refractivity contribution in [2.45, 2.75) is 6.42 Å². The van der Waals surface area contributed by atoms with E-state index in [1.165, 1.54) is 0 Å². The highest BCUT2D eigenvalue weighted by atomic mass is 35.5. The van der Waals surface area contributed by atoms with Crippen LogP contribution in [0.15, 0.2) is 34.7 Å². The van der Waals surface area contributed by atoms with Crippen molar-refractivity contribution in [3.8, 4) is 17.1 Å². The molecule has 0 atom stereocenters. The number of rotatable bonds is 4. The summed E-state index contributed by atoms with van der Waals surface area (Å²) in [4.78, 5) is 10.6. The molecule has 0 saturated carbocycles. The Morgan fingerprint density at radius 3 is 2.83 bits per heavy atom. The van der Waals surface area contributed by atoms with Crippen LogP contribution in [0.25, 0.3) is 11.3 Å². The molecule has 1 N–H and O–H groups in total. The van der Waals surface area contributed by atoms with E-state index in [0.29, 0.717) is 27.9 Å². The molecule has 0 bridgehead atoms. The predicted molar refractivity (Wildman–Crippen MR) is 67.0 cm³/mol. The molecule has 2 aromatic rings. The zero-order valence-electron chi connectivity index (χ0n) is 9.64. The van der Waals surface area contributed by atoms with E-state index in [4.69, 9.17) is 25.9 Å². The third-order valence-corrected chi connectivity index (χ3v) is 2.65. The van der Waals surface area contributed by atoms with Gasteiger partial charge < -0.3 is 14.3 Å². The summed E-state index contributed by atoms with van der Waals surface area (Å²) in [5, 5.41) is 9.24. The summed E-state index contributed by atoms with van der Waals surface area (Å²) in [6.45, 7) is 0. The first-order valence-electron chi connectivity index (χ1n) is 5.24. The van der Waals surface area contributed by atoms with Gasteiger partial charge in [-0.15, -0.1) is 0 Å². The normalized spacial score (nSPS) is 10.3. The van der Waals surface area contributed by atoms with Gasteiger partial charge >= 0.3 is 5.97 Å². The van der Waals surface area contributed by atoms with Gasteiger partial charge in [-0.2, -0.15) is 0 Å². The Morgan fingerprint density at radius 2 is 2.17 bits per heavy atom. The second kappa shape index (κ2) is 5.14. The van der Waals surface area contributed by atoms with Crippen molar-refractivity contribution in [3.63, 3.8) is 0 Å². The van der Waals surface area contributed by atoms with E-state index in [1.807, 2.05) is 0 Å². The monoisotopic (exact) mass is 266 g/mol. The molecule has 1 heterocycles. The number of halogens is 1. The molecule has 0 unspecified atom stereocenters. The zero-order chi connectivity index (χ0) is 13.1. The van der Waals surface area contributed by atoms with Crippen LogP contribution in [0.4, 0.5) is 0 Å². The fourth-order valence-corrected chi connectivity index (χ4v) is 1.81. The first-order valence-corrected chi connectivity index (χ1v) is 5.62. The molecule has 0 fully saturated rings. The van der Waals surface area contributed by atoms with Gasteiger partial charge in [-0.3, -0.25) is 4.79 Å². The fourth-order valence-electron chi connectivity index (χ4n) is 1.64. The molecule has 1 aromatic carbocycles. The second-order valence-corrected chi connectivity index (χ2v) is 4.12. The molecule has 18 heavy (non-hydrogen) atoms. The van der Waals surface area contributed by atoms with Crippen LogP contribution in [-0.4, -0.2) is 18.2 Å². The largest absolute Gasteiger partial charge is 0.496 e. The van der Waals surface area contributed by atoms with Crippen LogP contribution in [-0.2, 0) is 11.2 Å². The van der Waals surface area contributed by atoms with Crippen LogP contribution < -0.4 is 4.74 Å². The molecule has 0 amide bonds. The van der Waals surface area contributed by atoms with E-state index < -0.39 is 5.97 Å². The van der Waals surface area contributed by atoms with Gasteiger partial charge in [0.15, 0.2) is 0 Å². The maximum atomic E-state index is 10.6. The Labute approximate surface area is 109 Å². The summed E-state index contributed by atoms with van der Waals surface area (Å²) in [6.07, 6.45) is -0.150. The van der Waals surface area contributed by atoms with Crippen LogP contribution in [0.5, 0.6) is 5.75 Å². The van der Waals surface area contributed by atoms with Gasteiger partial charge in [0.2, 0.25) is 0 Å². The first-order chi connectivity index (χ1) is 8.60. The van der Waals surface area contributed by atoms with Crippen molar-refractivity contribution in [2.24, 2.45) is 0 Å². The highest BCUT2D eigenvalue weighted by molar-refractivity contribution is 6.30. The smallest absolute Gasteiger partial charge is 0.311 e. The highest BCUT2D eigenvalue weighted by Crippen LogP contribution is 2.33. The molecular weight excluding hydrogens is 256 g/mol. The Kier molecular flexibility index (Phi) is 3.58. The maximum Gasteiger partial charge on any atom is 0.311 e. The van der Waals surface area contributed by atoms with E-state index in [1.54, 1.807) is 37.4 Å². The molecule has 0 aliphatic rings. The number of furan rings is 1. The number of carboxylic acids is 1. The molecule has 2 rings (SSSR count). The van der Waals surface area contributed by atoms with Crippen molar-refractivity contribution in [1.29, 1.82) is 0 Å². The van der Waals surface area contributed by atoms with Crippen LogP contribution in [0.1, 0.15) is 5.76 Å². The quantitative estimate of drug-likeness (QED) is 0.923. The van der Waals surface area contributed by atoms with Crippen molar-refractivity contribution >= 4 is 17.6 Å². The summed E-state index contributed by atoms with van der Waals surface area (Å²) in [5.41, 5.74) is 0.696. The van der Waals surface area contributed by atoms with Gasteiger partial charge in [-0.05, 0) is 30.3 Å². The van der Waals surface area contributed by atoms with Gasteiger partial charge in [0.05, 0.1) is 12.7 Å². The van der Waals surface area contributed by atoms with Gasteiger partial charge in [0.1, 0.15) is 23.7 Å². The molecule has 4 nitrogen and oxygen atoms in total. The molecule has 5 heteroatoms. The fraction of sp³-hybridized carbons (Fsp3) is 0.154. The topological polar surface area (TPSA) is 59.7 Å². The lowest BCUT2D eigenvalue weighted by molar-refractivity contribution is -0.136. The average Bonchev–Trinajstić information content (AvgIpc) is 2.76. The maximum absolute atomic E-state index is 10.6. The summed E-state index contributed by atoms with van der Waals surface area (Å²) < 4.78 is 10.7. The Bertz CT molecular complexity index is 574. The van der Waals surface area contributed by atoms with E-state index in [9.17, 15) is 4.79 Å². The Morgan fingerprint density at radius 1 is 1.39 bits per heavy atom. The molecule has 94 valence electrons.